The Kier molecular flexibility index (Phi) is 4.36. The van der Waals surface area contributed by atoms with Gasteiger partial charge in [-0.15, -0.1) is 0 Å². The molecule has 0 fully saturated rings. The molecule has 0 aliphatic heterocycles. The Hall–Kier alpha value is -1.63. The van der Waals surface area contributed by atoms with E-state index < -0.39 is 0 Å². The highest BCUT2D eigenvalue weighted by Gasteiger charge is 2.13. The molecule has 1 heterocycles. The summed E-state index contributed by atoms with van der Waals surface area (Å²) < 4.78 is 0.694. The molecule has 1 amide bonds. The molecule has 0 bridgehead atoms. The van der Waals surface area contributed by atoms with Crippen molar-refractivity contribution in [3.05, 3.63) is 51.6 Å². The predicted octanol–water partition coefficient (Wildman–Crippen LogP) is 3.04. The summed E-state index contributed by atoms with van der Waals surface area (Å²) in [7, 11) is 0. The van der Waals surface area contributed by atoms with Crippen LogP contribution in [0, 0.1) is 0 Å². The quantitative estimate of drug-likeness (QED) is 0.592. The maximum Gasteiger partial charge on any atom is 0.259 e. The van der Waals surface area contributed by atoms with Crippen LogP contribution in [0.5, 0.6) is 0 Å². The molecule has 0 saturated heterocycles. The third-order valence-corrected chi connectivity index (χ3v) is 3.26. The van der Waals surface area contributed by atoms with Crippen molar-refractivity contribution in [1.29, 1.82) is 0 Å². The van der Waals surface area contributed by atoms with Crippen LogP contribution in [0.2, 0.25) is 5.02 Å². The van der Waals surface area contributed by atoms with Crippen LogP contribution in [0.25, 0.3) is 0 Å². The number of hydrazine groups is 1. The fourth-order valence-corrected chi connectivity index (χ4v) is 2.27. The van der Waals surface area contributed by atoms with Crippen LogP contribution in [-0.2, 0) is 0 Å². The molecule has 7 heteroatoms. The summed E-state index contributed by atoms with van der Waals surface area (Å²) in [6.07, 6.45) is 1.55. The summed E-state index contributed by atoms with van der Waals surface area (Å²) >= 11 is 9.17. The number of nitrogens with two attached hydrogens (primary N) is 1. The number of benzene rings is 1. The van der Waals surface area contributed by atoms with Gasteiger partial charge in [0.05, 0.1) is 11.3 Å². The molecule has 0 aliphatic carbocycles. The van der Waals surface area contributed by atoms with E-state index in [-0.39, 0.29) is 5.91 Å². The fraction of sp³-hybridized carbons (Fsp3) is 0. The molecule has 19 heavy (non-hydrogen) atoms. The summed E-state index contributed by atoms with van der Waals surface area (Å²) in [5, 5.41) is 3.33. The number of halogens is 2. The summed E-state index contributed by atoms with van der Waals surface area (Å²) in [6, 6.07) is 8.38. The number of hydrogen-bond donors (Lipinski definition) is 3. The Labute approximate surface area is 123 Å². The number of carbonyl (C=O) groups excluding carboxylic acids is 1. The number of hydrogen-bond acceptors (Lipinski definition) is 4. The molecule has 98 valence electrons. The van der Waals surface area contributed by atoms with E-state index in [1.165, 1.54) is 0 Å². The van der Waals surface area contributed by atoms with Gasteiger partial charge in [0.2, 0.25) is 0 Å². The number of nitrogens with one attached hydrogen (secondary N) is 2. The summed E-state index contributed by atoms with van der Waals surface area (Å²) in [5.74, 6) is 5.31. The van der Waals surface area contributed by atoms with E-state index in [4.69, 9.17) is 17.4 Å². The molecular formula is C12H10BrClN4O. The number of amides is 1. The van der Waals surface area contributed by atoms with Gasteiger partial charge in [-0.05, 0) is 46.3 Å². The first kappa shape index (κ1) is 13.8. The number of rotatable bonds is 3. The molecular weight excluding hydrogens is 332 g/mol. The van der Waals surface area contributed by atoms with Crippen LogP contribution in [-0.4, -0.2) is 10.9 Å². The lowest BCUT2D eigenvalue weighted by molar-refractivity contribution is 0.102. The SMILES string of the molecule is NNc1ncccc1C(=O)Nc1ccc(Cl)cc1Br. The number of carbonyl (C=O) groups is 1. The van der Waals surface area contributed by atoms with Crippen LogP contribution in [0.15, 0.2) is 41.0 Å². The molecule has 4 N–H and O–H groups in total. The highest BCUT2D eigenvalue weighted by atomic mass is 79.9. The zero-order valence-electron chi connectivity index (χ0n) is 9.65. The Morgan fingerprint density at radius 3 is 2.84 bits per heavy atom. The normalized spacial score (nSPS) is 10.1. The minimum atomic E-state index is -0.316. The molecule has 0 unspecified atom stereocenters. The summed E-state index contributed by atoms with van der Waals surface area (Å²) in [4.78, 5) is 16.1. The average Bonchev–Trinajstić information content (AvgIpc) is 2.41. The number of aromatic nitrogens is 1. The van der Waals surface area contributed by atoms with Gasteiger partial charge in [-0.25, -0.2) is 10.8 Å². The van der Waals surface area contributed by atoms with Gasteiger partial charge in [-0.2, -0.15) is 0 Å². The number of nitrogen functional groups attached to an aromatic ring is 1. The Bertz CT molecular complexity index is 620. The van der Waals surface area contributed by atoms with Crippen LogP contribution in [0.3, 0.4) is 0 Å². The largest absolute Gasteiger partial charge is 0.321 e. The zero-order valence-corrected chi connectivity index (χ0v) is 12.0. The number of anilines is 2. The van der Waals surface area contributed by atoms with E-state index in [9.17, 15) is 4.79 Å². The van der Waals surface area contributed by atoms with Gasteiger partial charge in [-0.3, -0.25) is 4.79 Å². The van der Waals surface area contributed by atoms with Gasteiger partial charge in [0.1, 0.15) is 0 Å². The summed E-state index contributed by atoms with van der Waals surface area (Å²) in [6.45, 7) is 0. The third-order valence-electron chi connectivity index (χ3n) is 2.37. The molecule has 0 aliphatic rings. The molecule has 0 atom stereocenters. The number of nitrogens with zero attached hydrogens (tertiary/aromatic N) is 1. The lowest BCUT2D eigenvalue weighted by atomic mass is 10.2. The molecule has 0 radical (unpaired) electrons. The second-order valence-corrected chi connectivity index (χ2v) is 4.91. The van der Waals surface area contributed by atoms with Crippen molar-refractivity contribution >= 4 is 44.9 Å². The van der Waals surface area contributed by atoms with Gasteiger partial charge >= 0.3 is 0 Å². The lowest BCUT2D eigenvalue weighted by Gasteiger charge is -2.10. The first-order valence-corrected chi connectivity index (χ1v) is 6.47. The van der Waals surface area contributed by atoms with Crippen molar-refractivity contribution in [3.63, 3.8) is 0 Å². The standard InChI is InChI=1S/C12H10BrClN4O/c13-9-6-7(14)3-4-10(9)17-12(19)8-2-1-5-16-11(8)18-15/h1-6H,15H2,(H,16,18)(H,17,19). The maximum absolute atomic E-state index is 12.1. The Balaban J connectivity index is 2.26. The molecule has 1 aromatic carbocycles. The molecule has 1 aromatic heterocycles. The average molecular weight is 342 g/mol. The monoisotopic (exact) mass is 340 g/mol. The minimum absolute atomic E-state index is 0.310. The molecule has 2 rings (SSSR count). The Morgan fingerprint density at radius 2 is 2.16 bits per heavy atom. The van der Waals surface area contributed by atoms with Gasteiger partial charge in [0.15, 0.2) is 5.82 Å². The second-order valence-electron chi connectivity index (χ2n) is 3.62. The van der Waals surface area contributed by atoms with Gasteiger partial charge in [0.25, 0.3) is 5.91 Å². The topological polar surface area (TPSA) is 80.0 Å². The van der Waals surface area contributed by atoms with Crippen molar-refractivity contribution in [3.8, 4) is 0 Å². The van der Waals surface area contributed by atoms with Crippen molar-refractivity contribution in [2.24, 2.45) is 5.84 Å². The zero-order chi connectivity index (χ0) is 13.8. The Morgan fingerprint density at radius 1 is 1.37 bits per heavy atom. The van der Waals surface area contributed by atoms with Crippen LogP contribution >= 0.6 is 27.5 Å². The van der Waals surface area contributed by atoms with Crippen LogP contribution < -0.4 is 16.6 Å². The lowest BCUT2D eigenvalue weighted by Crippen LogP contribution is -2.18. The van der Waals surface area contributed by atoms with Crippen molar-refractivity contribution in [2.45, 2.75) is 0 Å². The second kappa shape index (κ2) is 6.01. The molecule has 0 spiro atoms. The van der Waals surface area contributed by atoms with E-state index in [1.807, 2.05) is 0 Å². The van der Waals surface area contributed by atoms with E-state index in [2.05, 4.69) is 31.7 Å². The van der Waals surface area contributed by atoms with E-state index in [0.717, 1.165) is 0 Å². The molecule has 0 saturated carbocycles. The number of pyridine rings is 1. The van der Waals surface area contributed by atoms with Gasteiger partial charge in [-0.1, -0.05) is 11.6 Å². The van der Waals surface area contributed by atoms with Crippen molar-refractivity contribution < 1.29 is 4.79 Å². The first-order valence-electron chi connectivity index (χ1n) is 5.30. The van der Waals surface area contributed by atoms with E-state index in [1.54, 1.807) is 36.5 Å². The maximum atomic E-state index is 12.1. The van der Waals surface area contributed by atoms with E-state index >= 15 is 0 Å². The van der Waals surface area contributed by atoms with Crippen molar-refractivity contribution in [1.82, 2.24) is 4.98 Å². The summed E-state index contributed by atoms with van der Waals surface area (Å²) in [5.41, 5.74) is 3.35. The molecule has 5 nitrogen and oxygen atoms in total. The van der Waals surface area contributed by atoms with Crippen molar-refractivity contribution in [2.75, 3.05) is 10.7 Å². The van der Waals surface area contributed by atoms with Gasteiger partial charge in [0, 0.05) is 15.7 Å². The molecule has 2 aromatic rings. The minimum Gasteiger partial charge on any atom is -0.321 e. The smallest absolute Gasteiger partial charge is 0.259 e. The first-order chi connectivity index (χ1) is 9.11. The fourth-order valence-electron chi connectivity index (χ4n) is 1.48. The van der Waals surface area contributed by atoms with Crippen LogP contribution in [0.4, 0.5) is 11.5 Å². The highest BCUT2D eigenvalue weighted by Crippen LogP contribution is 2.26. The van der Waals surface area contributed by atoms with E-state index in [0.29, 0.717) is 26.6 Å². The highest BCUT2D eigenvalue weighted by molar-refractivity contribution is 9.10. The predicted molar refractivity (Wildman–Crippen MR) is 79.2 cm³/mol. The third kappa shape index (κ3) is 3.23. The van der Waals surface area contributed by atoms with Gasteiger partial charge < -0.3 is 10.7 Å². The van der Waals surface area contributed by atoms with Crippen LogP contribution in [0.1, 0.15) is 10.4 Å².